The number of hydrogen-bond acceptors (Lipinski definition) is 6. The molecule has 2 aromatic heterocycles. The van der Waals surface area contributed by atoms with Gasteiger partial charge < -0.3 is 17.2 Å². The molecule has 0 bridgehead atoms. The van der Waals surface area contributed by atoms with Gasteiger partial charge in [-0.15, -0.1) is 0 Å². The van der Waals surface area contributed by atoms with E-state index in [1.807, 2.05) is 0 Å². The van der Waals surface area contributed by atoms with Crippen LogP contribution in [0.5, 0.6) is 0 Å². The number of anilines is 2. The maximum atomic E-state index is 12.2. The Bertz CT molecular complexity index is 809. The fourth-order valence-electron chi connectivity index (χ4n) is 1.69. The molecule has 0 spiro atoms. The van der Waals surface area contributed by atoms with Crippen LogP contribution in [-0.2, 0) is 18.9 Å². The number of rotatable bonds is 1. The van der Waals surface area contributed by atoms with E-state index in [-0.39, 0.29) is 23.7 Å². The Balaban J connectivity index is 0.000000260. The molecule has 2 heterocycles. The summed E-state index contributed by atoms with van der Waals surface area (Å²) in [6.07, 6.45) is -9.13. The Morgan fingerprint density at radius 2 is 1.31 bits per heavy atom. The molecule has 0 atom stereocenters. The molecular formula is C14H12F6N6. The normalized spacial score (nSPS) is 11.3. The summed E-state index contributed by atoms with van der Waals surface area (Å²) in [4.78, 5) is 6.23. The number of nitrogen functional groups attached to an aromatic ring is 2. The van der Waals surface area contributed by atoms with Gasteiger partial charge in [0, 0.05) is 6.54 Å². The van der Waals surface area contributed by atoms with Gasteiger partial charge in [-0.3, -0.25) is 0 Å². The number of aromatic nitrogens is 2. The van der Waals surface area contributed by atoms with Crippen molar-refractivity contribution in [2.75, 3.05) is 11.5 Å². The molecular weight excluding hydrogens is 366 g/mol. The molecule has 0 aromatic carbocycles. The van der Waals surface area contributed by atoms with Gasteiger partial charge in [-0.25, -0.2) is 9.97 Å². The highest BCUT2D eigenvalue weighted by atomic mass is 19.4. The Kier molecular flexibility index (Phi) is 6.35. The third kappa shape index (κ3) is 5.49. The number of nitrogens with two attached hydrogens (primary N) is 3. The Morgan fingerprint density at radius 3 is 1.73 bits per heavy atom. The van der Waals surface area contributed by atoms with Crippen LogP contribution in [0.1, 0.15) is 22.5 Å². The molecule has 26 heavy (non-hydrogen) atoms. The van der Waals surface area contributed by atoms with Gasteiger partial charge >= 0.3 is 12.4 Å². The molecule has 0 aliphatic heterocycles. The minimum Gasteiger partial charge on any atom is -0.384 e. The van der Waals surface area contributed by atoms with Gasteiger partial charge in [-0.2, -0.15) is 31.6 Å². The summed E-state index contributed by atoms with van der Waals surface area (Å²) < 4.78 is 73.2. The lowest BCUT2D eigenvalue weighted by Gasteiger charge is -2.10. The zero-order valence-electron chi connectivity index (χ0n) is 12.9. The lowest BCUT2D eigenvalue weighted by atomic mass is 10.2. The second-order valence-corrected chi connectivity index (χ2v) is 4.69. The molecule has 2 aromatic rings. The van der Waals surface area contributed by atoms with Gasteiger partial charge in [0.1, 0.15) is 17.7 Å². The summed E-state index contributed by atoms with van der Waals surface area (Å²) in [5, 5.41) is 8.34. The van der Waals surface area contributed by atoms with Gasteiger partial charge in [-0.05, 0) is 23.8 Å². The van der Waals surface area contributed by atoms with E-state index in [9.17, 15) is 26.3 Å². The van der Waals surface area contributed by atoms with E-state index >= 15 is 0 Å². The molecule has 0 fully saturated rings. The van der Waals surface area contributed by atoms with Gasteiger partial charge in [0.05, 0.1) is 5.56 Å². The molecule has 2 rings (SSSR count). The molecule has 0 unspecified atom stereocenters. The van der Waals surface area contributed by atoms with Gasteiger partial charge in [0.15, 0.2) is 11.4 Å². The molecule has 6 N–H and O–H groups in total. The minimum atomic E-state index is -4.64. The first-order chi connectivity index (χ1) is 11.9. The van der Waals surface area contributed by atoms with E-state index in [1.54, 1.807) is 0 Å². The molecule has 0 saturated carbocycles. The molecule has 6 nitrogen and oxygen atoms in total. The Hall–Kier alpha value is -3.07. The predicted molar refractivity (Wildman–Crippen MR) is 79.9 cm³/mol. The van der Waals surface area contributed by atoms with E-state index in [2.05, 4.69) is 9.97 Å². The second-order valence-electron chi connectivity index (χ2n) is 4.69. The third-order valence-electron chi connectivity index (χ3n) is 2.79. The van der Waals surface area contributed by atoms with Crippen molar-refractivity contribution in [3.8, 4) is 6.07 Å². The van der Waals surface area contributed by atoms with Gasteiger partial charge in [0.2, 0.25) is 0 Å². The molecule has 140 valence electrons. The van der Waals surface area contributed by atoms with Crippen LogP contribution >= 0.6 is 0 Å². The fourth-order valence-corrected chi connectivity index (χ4v) is 1.69. The second kappa shape index (κ2) is 7.87. The van der Waals surface area contributed by atoms with E-state index in [1.165, 1.54) is 18.2 Å². The zero-order chi connectivity index (χ0) is 20.1. The summed E-state index contributed by atoms with van der Waals surface area (Å²) in [7, 11) is 0. The quantitative estimate of drug-likeness (QED) is 0.655. The largest absolute Gasteiger partial charge is 0.434 e. The van der Waals surface area contributed by atoms with Crippen molar-refractivity contribution in [2.45, 2.75) is 18.9 Å². The van der Waals surface area contributed by atoms with Crippen LogP contribution < -0.4 is 17.2 Å². The summed E-state index contributed by atoms with van der Waals surface area (Å²) in [6, 6.07) is 6.05. The highest BCUT2D eigenvalue weighted by Gasteiger charge is 2.36. The van der Waals surface area contributed by atoms with E-state index < -0.39 is 29.3 Å². The number of alkyl halides is 6. The van der Waals surface area contributed by atoms with Crippen molar-refractivity contribution in [3.05, 3.63) is 46.8 Å². The van der Waals surface area contributed by atoms with Crippen molar-refractivity contribution in [3.63, 3.8) is 0 Å². The van der Waals surface area contributed by atoms with Gasteiger partial charge in [0.25, 0.3) is 0 Å². The van der Waals surface area contributed by atoms with Crippen LogP contribution in [0.4, 0.5) is 38.0 Å². The minimum absolute atomic E-state index is 0.0540. The van der Waals surface area contributed by atoms with Crippen LogP contribution in [0.15, 0.2) is 24.3 Å². The predicted octanol–water partition coefficient (Wildman–Crippen LogP) is 2.70. The highest BCUT2D eigenvalue weighted by molar-refractivity contribution is 5.41. The summed E-state index contributed by atoms with van der Waals surface area (Å²) in [6.45, 7) is -0.206. The molecule has 0 saturated heterocycles. The first kappa shape index (κ1) is 21.0. The topological polar surface area (TPSA) is 128 Å². The summed E-state index contributed by atoms with van der Waals surface area (Å²) in [5.41, 5.74) is 12.5. The van der Waals surface area contributed by atoms with Crippen molar-refractivity contribution < 1.29 is 26.3 Å². The monoisotopic (exact) mass is 378 g/mol. The van der Waals surface area contributed by atoms with Crippen LogP contribution in [0, 0.1) is 11.3 Å². The van der Waals surface area contributed by atoms with Crippen LogP contribution in [0.3, 0.4) is 0 Å². The molecule has 0 aliphatic carbocycles. The van der Waals surface area contributed by atoms with E-state index in [0.717, 1.165) is 12.1 Å². The number of hydrogen-bond donors (Lipinski definition) is 3. The lowest BCUT2D eigenvalue weighted by molar-refractivity contribution is -0.142. The summed E-state index contributed by atoms with van der Waals surface area (Å²) in [5.74, 6) is -0.421. The standard InChI is InChI=1S/C7H8F3N3.C7H4F3N3/c2*8-7(9,10)6-4(3-11)1-2-5(12)13-6/h1-2H,3,11H2,(H2,12,13);1-2H,(H2,12,13). The average molecular weight is 378 g/mol. The number of pyridine rings is 2. The third-order valence-corrected chi connectivity index (χ3v) is 2.79. The van der Waals surface area contributed by atoms with Crippen LogP contribution in [0.25, 0.3) is 0 Å². The number of nitriles is 1. The van der Waals surface area contributed by atoms with Crippen LogP contribution in [0.2, 0.25) is 0 Å². The highest BCUT2D eigenvalue weighted by Crippen LogP contribution is 2.31. The fraction of sp³-hybridized carbons (Fsp3) is 0.214. The molecule has 0 amide bonds. The van der Waals surface area contributed by atoms with Crippen molar-refractivity contribution in [1.29, 1.82) is 5.26 Å². The van der Waals surface area contributed by atoms with Crippen molar-refractivity contribution in [1.82, 2.24) is 9.97 Å². The lowest BCUT2D eigenvalue weighted by Crippen LogP contribution is -2.15. The smallest absolute Gasteiger partial charge is 0.384 e. The molecule has 0 aliphatic rings. The Labute approximate surface area is 143 Å². The average Bonchev–Trinajstić information content (AvgIpc) is 2.54. The maximum absolute atomic E-state index is 12.2. The van der Waals surface area contributed by atoms with E-state index in [4.69, 9.17) is 22.5 Å². The summed E-state index contributed by atoms with van der Waals surface area (Å²) >= 11 is 0. The number of halogens is 6. The van der Waals surface area contributed by atoms with E-state index in [0.29, 0.717) is 0 Å². The molecule has 0 radical (unpaired) electrons. The maximum Gasteiger partial charge on any atom is 0.434 e. The first-order valence-electron chi connectivity index (χ1n) is 6.66. The van der Waals surface area contributed by atoms with Crippen LogP contribution in [-0.4, -0.2) is 9.97 Å². The van der Waals surface area contributed by atoms with Crippen molar-refractivity contribution >= 4 is 11.6 Å². The SMILES string of the molecule is N#Cc1ccc(N)nc1C(F)(F)F.NCc1ccc(N)nc1C(F)(F)F. The zero-order valence-corrected chi connectivity index (χ0v) is 12.9. The van der Waals surface area contributed by atoms with Crippen molar-refractivity contribution in [2.24, 2.45) is 5.73 Å². The van der Waals surface area contributed by atoms with Gasteiger partial charge in [-0.1, -0.05) is 6.07 Å². The number of nitrogens with zero attached hydrogens (tertiary/aromatic N) is 3. The first-order valence-corrected chi connectivity index (χ1v) is 6.66. The Morgan fingerprint density at radius 1 is 0.846 bits per heavy atom. The molecule has 12 heteroatoms.